The minimum absolute atomic E-state index is 0.0284. The molecule has 1 aliphatic heterocycles. The SMILES string of the molecule is COc1c(N2CCC(C(O)O)CC2)c(F)cc2c(=O)[nH]c(=O)n(C3CC3)c12. The molecular formula is C18H22FN3O5. The Labute approximate surface area is 153 Å². The molecule has 1 saturated carbocycles. The Morgan fingerprint density at radius 2 is 1.89 bits per heavy atom. The van der Waals surface area contributed by atoms with Crippen LogP contribution in [0, 0.1) is 11.7 Å². The number of aliphatic hydroxyl groups excluding tert-OH is 1. The van der Waals surface area contributed by atoms with Gasteiger partial charge in [-0.15, -0.1) is 0 Å². The van der Waals surface area contributed by atoms with Gasteiger partial charge in [0.2, 0.25) is 0 Å². The number of rotatable bonds is 4. The van der Waals surface area contributed by atoms with Crippen LogP contribution in [0.25, 0.3) is 10.9 Å². The van der Waals surface area contributed by atoms with Crippen molar-refractivity contribution in [2.45, 2.75) is 38.0 Å². The van der Waals surface area contributed by atoms with Crippen molar-refractivity contribution in [1.82, 2.24) is 9.55 Å². The summed E-state index contributed by atoms with van der Waals surface area (Å²) in [4.78, 5) is 28.7. The lowest BCUT2D eigenvalue weighted by Crippen LogP contribution is -2.38. The lowest BCUT2D eigenvalue weighted by atomic mass is 9.95. The van der Waals surface area contributed by atoms with Crippen molar-refractivity contribution in [3.63, 3.8) is 0 Å². The van der Waals surface area contributed by atoms with Gasteiger partial charge < -0.3 is 19.8 Å². The third-order valence-electron chi connectivity index (χ3n) is 5.50. The zero-order valence-corrected chi connectivity index (χ0v) is 14.9. The highest BCUT2D eigenvalue weighted by Gasteiger charge is 2.32. The van der Waals surface area contributed by atoms with Crippen molar-refractivity contribution in [3.8, 4) is 5.75 Å². The smallest absolute Gasteiger partial charge is 0.329 e. The zero-order valence-electron chi connectivity index (χ0n) is 14.9. The molecule has 2 fully saturated rings. The number of hydrogen-bond acceptors (Lipinski definition) is 6. The van der Waals surface area contributed by atoms with Crippen LogP contribution >= 0.6 is 0 Å². The van der Waals surface area contributed by atoms with Crippen molar-refractivity contribution in [2.75, 3.05) is 25.1 Å². The molecule has 3 N–H and O–H groups in total. The Bertz CT molecular complexity index is 987. The van der Waals surface area contributed by atoms with Gasteiger partial charge in [0.25, 0.3) is 5.56 Å². The number of aromatic amines is 1. The van der Waals surface area contributed by atoms with Crippen LogP contribution < -0.4 is 20.9 Å². The van der Waals surface area contributed by atoms with Gasteiger partial charge in [-0.2, -0.15) is 0 Å². The number of anilines is 1. The summed E-state index contributed by atoms with van der Waals surface area (Å²) >= 11 is 0. The van der Waals surface area contributed by atoms with Crippen molar-refractivity contribution in [1.29, 1.82) is 0 Å². The van der Waals surface area contributed by atoms with Gasteiger partial charge in [-0.1, -0.05) is 0 Å². The van der Waals surface area contributed by atoms with Crippen LogP contribution in [0.4, 0.5) is 10.1 Å². The molecule has 0 bridgehead atoms. The second kappa shape index (κ2) is 6.65. The van der Waals surface area contributed by atoms with Gasteiger partial charge in [-0.05, 0) is 31.7 Å². The van der Waals surface area contributed by atoms with Crippen LogP contribution in [0.3, 0.4) is 0 Å². The highest BCUT2D eigenvalue weighted by atomic mass is 19.1. The van der Waals surface area contributed by atoms with Crippen LogP contribution in [-0.4, -0.2) is 46.3 Å². The number of benzene rings is 1. The van der Waals surface area contributed by atoms with Crippen LogP contribution in [0.1, 0.15) is 31.7 Å². The average molecular weight is 379 g/mol. The van der Waals surface area contributed by atoms with E-state index in [0.717, 1.165) is 18.9 Å². The van der Waals surface area contributed by atoms with Gasteiger partial charge in [0.1, 0.15) is 11.2 Å². The third kappa shape index (κ3) is 3.00. The first-order chi connectivity index (χ1) is 12.9. The van der Waals surface area contributed by atoms with Gasteiger partial charge >= 0.3 is 5.69 Å². The molecule has 1 aromatic carbocycles. The number of halogens is 1. The van der Waals surface area contributed by atoms with E-state index in [1.165, 1.54) is 11.7 Å². The number of fused-ring (bicyclic) bond motifs is 1. The summed E-state index contributed by atoms with van der Waals surface area (Å²) in [6, 6.07) is 1.12. The van der Waals surface area contributed by atoms with Crippen molar-refractivity contribution in [3.05, 3.63) is 32.7 Å². The predicted octanol–water partition coefficient (Wildman–Crippen LogP) is 0.700. The molecule has 1 aliphatic carbocycles. The standard InChI is InChI=1S/C18H22FN3O5/c1-27-15-13-11(16(23)20-18(26)22(13)10-2-3-10)8-12(19)14(15)21-6-4-9(5-7-21)17(24)25/h8-10,17,24-25H,2-7H2,1H3,(H,20,23,26). The Hall–Kier alpha value is -2.39. The van der Waals surface area contributed by atoms with Gasteiger partial charge in [0, 0.05) is 25.0 Å². The van der Waals surface area contributed by atoms with Crippen LogP contribution in [0.15, 0.2) is 15.7 Å². The van der Waals surface area contributed by atoms with Gasteiger partial charge in [0.15, 0.2) is 17.9 Å². The van der Waals surface area contributed by atoms with E-state index in [9.17, 15) is 24.2 Å². The number of nitrogens with zero attached hydrogens (tertiary/aromatic N) is 2. The Morgan fingerprint density at radius 3 is 2.44 bits per heavy atom. The number of nitrogens with one attached hydrogen (secondary N) is 1. The molecule has 0 spiro atoms. The van der Waals surface area contributed by atoms with Crippen LogP contribution in [0.2, 0.25) is 0 Å². The summed E-state index contributed by atoms with van der Waals surface area (Å²) in [5.41, 5.74) is -0.643. The predicted molar refractivity (Wildman–Crippen MR) is 96.8 cm³/mol. The first-order valence-corrected chi connectivity index (χ1v) is 9.08. The molecule has 27 heavy (non-hydrogen) atoms. The van der Waals surface area contributed by atoms with E-state index in [0.29, 0.717) is 31.4 Å². The molecule has 0 radical (unpaired) electrons. The first-order valence-electron chi connectivity index (χ1n) is 9.08. The summed E-state index contributed by atoms with van der Waals surface area (Å²) < 4.78 is 22.0. The molecule has 2 aliphatic rings. The van der Waals surface area contributed by atoms with Gasteiger partial charge in [-0.3, -0.25) is 14.3 Å². The van der Waals surface area contributed by atoms with Gasteiger partial charge in [-0.25, -0.2) is 9.18 Å². The summed E-state index contributed by atoms with van der Waals surface area (Å²) in [5.74, 6) is -0.694. The van der Waals surface area contributed by atoms with Crippen LogP contribution in [0.5, 0.6) is 5.75 Å². The monoisotopic (exact) mass is 379 g/mol. The van der Waals surface area contributed by atoms with E-state index in [2.05, 4.69) is 4.98 Å². The Morgan fingerprint density at radius 1 is 1.22 bits per heavy atom. The lowest BCUT2D eigenvalue weighted by molar-refractivity contribution is -0.0893. The summed E-state index contributed by atoms with van der Waals surface area (Å²) in [6.45, 7) is 0.829. The Balaban J connectivity index is 1.89. The molecular weight excluding hydrogens is 357 g/mol. The maximum absolute atomic E-state index is 15.0. The van der Waals surface area contributed by atoms with E-state index in [1.54, 1.807) is 4.90 Å². The number of aliphatic hydroxyl groups is 2. The minimum Gasteiger partial charge on any atom is -0.492 e. The molecule has 0 atom stereocenters. The number of methoxy groups -OCH3 is 1. The number of H-pyrrole nitrogens is 1. The average Bonchev–Trinajstić information content (AvgIpc) is 3.46. The van der Waals surface area contributed by atoms with E-state index < -0.39 is 23.4 Å². The molecule has 4 rings (SSSR count). The van der Waals surface area contributed by atoms with Crippen LogP contribution in [-0.2, 0) is 0 Å². The van der Waals surface area contributed by atoms with Gasteiger partial charge in [0.05, 0.1) is 12.5 Å². The topological polar surface area (TPSA) is 108 Å². The Kier molecular flexibility index (Phi) is 4.43. The lowest BCUT2D eigenvalue weighted by Gasteiger charge is -2.35. The molecule has 2 aromatic rings. The fourth-order valence-corrected chi connectivity index (χ4v) is 3.94. The molecule has 0 amide bonds. The van der Waals surface area contributed by atoms with Crippen molar-refractivity contribution >= 4 is 16.6 Å². The molecule has 1 aromatic heterocycles. The van der Waals surface area contributed by atoms with E-state index in [-0.39, 0.29) is 28.8 Å². The molecule has 1 saturated heterocycles. The third-order valence-corrected chi connectivity index (χ3v) is 5.50. The molecule has 146 valence electrons. The number of piperidine rings is 1. The maximum atomic E-state index is 15.0. The second-order valence-electron chi connectivity index (χ2n) is 7.23. The van der Waals surface area contributed by atoms with Crippen molar-refractivity contribution < 1.29 is 19.3 Å². The number of aromatic nitrogens is 2. The molecule has 0 unspecified atom stereocenters. The summed E-state index contributed by atoms with van der Waals surface area (Å²) in [5, 5.41) is 18.8. The fraction of sp³-hybridized carbons (Fsp3) is 0.556. The number of ether oxygens (including phenoxy) is 1. The fourth-order valence-electron chi connectivity index (χ4n) is 3.94. The highest BCUT2D eigenvalue weighted by Crippen LogP contribution is 2.43. The molecule has 9 heteroatoms. The summed E-state index contributed by atoms with van der Waals surface area (Å²) in [6.07, 6.45) is 1.22. The minimum atomic E-state index is -1.39. The van der Waals surface area contributed by atoms with E-state index in [1.807, 2.05) is 0 Å². The van der Waals surface area contributed by atoms with Crippen molar-refractivity contribution in [2.24, 2.45) is 5.92 Å². The quantitative estimate of drug-likeness (QED) is 0.675. The normalized spacial score (nSPS) is 18.5. The summed E-state index contributed by atoms with van der Waals surface area (Å²) in [7, 11) is 1.39. The van der Waals surface area contributed by atoms with E-state index >= 15 is 0 Å². The largest absolute Gasteiger partial charge is 0.492 e. The first kappa shape index (κ1) is 18.0. The number of hydrogen-bond donors (Lipinski definition) is 3. The zero-order chi connectivity index (χ0) is 19.3. The molecule has 2 heterocycles. The highest BCUT2D eigenvalue weighted by molar-refractivity contribution is 5.91. The molecule has 8 nitrogen and oxygen atoms in total. The second-order valence-corrected chi connectivity index (χ2v) is 7.23. The van der Waals surface area contributed by atoms with E-state index in [4.69, 9.17) is 4.74 Å². The maximum Gasteiger partial charge on any atom is 0.329 e.